The minimum atomic E-state index is 0.168. The first kappa shape index (κ1) is 15.3. The van der Waals surface area contributed by atoms with Gasteiger partial charge in [-0.05, 0) is 23.1 Å². The summed E-state index contributed by atoms with van der Waals surface area (Å²) in [4.78, 5) is 13.9. The molecule has 1 amide bonds. The van der Waals surface area contributed by atoms with E-state index in [0.29, 0.717) is 19.5 Å². The van der Waals surface area contributed by atoms with Gasteiger partial charge in [0, 0.05) is 26.6 Å². The third kappa shape index (κ3) is 4.72. The van der Waals surface area contributed by atoms with Gasteiger partial charge in [0.15, 0.2) is 0 Å². The fourth-order valence-corrected chi connectivity index (χ4v) is 2.23. The van der Waals surface area contributed by atoms with Crippen LogP contribution in [0.5, 0.6) is 0 Å². The monoisotopic (exact) mass is 282 g/mol. The molecule has 110 valence electrons. The zero-order chi connectivity index (χ0) is 15.1. The van der Waals surface area contributed by atoms with Gasteiger partial charge in [0.05, 0.1) is 0 Å². The first-order chi connectivity index (χ1) is 10.2. The standard InChI is InChI=1S/C18H22N2O/c1-20(14-17-9-7-16(13-19)8-10-17)18(21)12-11-15-5-3-2-4-6-15/h2-10H,11-14,19H2,1H3. The molecule has 3 heteroatoms. The van der Waals surface area contributed by atoms with Crippen LogP contribution in [0.15, 0.2) is 54.6 Å². The van der Waals surface area contributed by atoms with Crippen LogP contribution in [-0.4, -0.2) is 17.9 Å². The molecule has 2 rings (SSSR count). The van der Waals surface area contributed by atoms with Crippen LogP contribution in [0.3, 0.4) is 0 Å². The second kappa shape index (κ2) is 7.60. The summed E-state index contributed by atoms with van der Waals surface area (Å²) in [7, 11) is 1.85. The van der Waals surface area contributed by atoms with E-state index in [-0.39, 0.29) is 5.91 Å². The quantitative estimate of drug-likeness (QED) is 0.885. The number of rotatable bonds is 6. The smallest absolute Gasteiger partial charge is 0.222 e. The fraction of sp³-hybridized carbons (Fsp3) is 0.278. The maximum absolute atomic E-state index is 12.1. The molecule has 2 aromatic rings. The number of amides is 1. The van der Waals surface area contributed by atoms with E-state index >= 15 is 0 Å². The molecule has 0 atom stereocenters. The number of aryl methyl sites for hydroxylation is 1. The first-order valence-electron chi connectivity index (χ1n) is 7.25. The number of benzene rings is 2. The zero-order valence-electron chi connectivity index (χ0n) is 12.5. The molecule has 0 unspecified atom stereocenters. The molecule has 3 nitrogen and oxygen atoms in total. The highest BCUT2D eigenvalue weighted by Gasteiger charge is 2.09. The highest BCUT2D eigenvalue weighted by molar-refractivity contribution is 5.76. The van der Waals surface area contributed by atoms with Crippen molar-refractivity contribution in [3.8, 4) is 0 Å². The van der Waals surface area contributed by atoms with Gasteiger partial charge < -0.3 is 10.6 Å². The van der Waals surface area contributed by atoms with Crippen molar-refractivity contribution in [1.82, 2.24) is 4.90 Å². The van der Waals surface area contributed by atoms with E-state index in [1.807, 2.05) is 49.5 Å². The van der Waals surface area contributed by atoms with Crippen molar-refractivity contribution >= 4 is 5.91 Å². The van der Waals surface area contributed by atoms with E-state index in [1.54, 1.807) is 4.90 Å². The Bertz CT molecular complexity index is 564. The van der Waals surface area contributed by atoms with Crippen LogP contribution < -0.4 is 5.73 Å². The second-order valence-electron chi connectivity index (χ2n) is 5.26. The fourth-order valence-electron chi connectivity index (χ4n) is 2.23. The predicted octanol–water partition coefficient (Wildman–Crippen LogP) is 2.74. The number of nitrogens with two attached hydrogens (primary N) is 1. The molecule has 0 bridgehead atoms. The molecule has 21 heavy (non-hydrogen) atoms. The van der Waals surface area contributed by atoms with E-state index in [9.17, 15) is 4.79 Å². The Morgan fingerprint density at radius 1 is 0.952 bits per heavy atom. The van der Waals surface area contributed by atoms with E-state index in [4.69, 9.17) is 5.73 Å². The van der Waals surface area contributed by atoms with E-state index in [2.05, 4.69) is 12.1 Å². The lowest BCUT2D eigenvalue weighted by Crippen LogP contribution is -2.26. The third-order valence-corrected chi connectivity index (χ3v) is 3.57. The van der Waals surface area contributed by atoms with Crippen LogP contribution in [0.2, 0.25) is 0 Å². The Balaban J connectivity index is 1.84. The minimum Gasteiger partial charge on any atom is -0.341 e. The SMILES string of the molecule is CN(Cc1ccc(CN)cc1)C(=O)CCc1ccccc1. The minimum absolute atomic E-state index is 0.168. The molecule has 0 aliphatic carbocycles. The molecule has 0 radical (unpaired) electrons. The number of hydrogen-bond acceptors (Lipinski definition) is 2. The second-order valence-corrected chi connectivity index (χ2v) is 5.26. The van der Waals surface area contributed by atoms with Crippen molar-refractivity contribution in [2.45, 2.75) is 25.9 Å². The van der Waals surface area contributed by atoms with Gasteiger partial charge in [-0.2, -0.15) is 0 Å². The van der Waals surface area contributed by atoms with Gasteiger partial charge in [-0.15, -0.1) is 0 Å². The molecule has 0 fully saturated rings. The van der Waals surface area contributed by atoms with E-state index in [1.165, 1.54) is 5.56 Å². The first-order valence-corrected chi connectivity index (χ1v) is 7.25. The van der Waals surface area contributed by atoms with E-state index in [0.717, 1.165) is 17.5 Å². The van der Waals surface area contributed by atoms with Crippen LogP contribution in [0.1, 0.15) is 23.1 Å². The highest BCUT2D eigenvalue weighted by atomic mass is 16.2. The van der Waals surface area contributed by atoms with Crippen LogP contribution in [-0.2, 0) is 24.3 Å². The van der Waals surface area contributed by atoms with Crippen molar-refractivity contribution < 1.29 is 4.79 Å². The van der Waals surface area contributed by atoms with Gasteiger partial charge in [-0.3, -0.25) is 4.79 Å². The third-order valence-electron chi connectivity index (χ3n) is 3.57. The summed E-state index contributed by atoms with van der Waals surface area (Å²) in [5.74, 6) is 0.168. The van der Waals surface area contributed by atoms with Gasteiger partial charge in [-0.25, -0.2) is 0 Å². The van der Waals surface area contributed by atoms with Crippen LogP contribution >= 0.6 is 0 Å². The lowest BCUT2D eigenvalue weighted by atomic mass is 10.1. The lowest BCUT2D eigenvalue weighted by Gasteiger charge is -2.17. The number of carbonyl (C=O) groups excluding carboxylic acids is 1. The van der Waals surface area contributed by atoms with Crippen LogP contribution in [0.25, 0.3) is 0 Å². The van der Waals surface area contributed by atoms with Crippen molar-refractivity contribution in [2.75, 3.05) is 7.05 Å². The number of carbonyl (C=O) groups is 1. The normalized spacial score (nSPS) is 10.4. The number of hydrogen-bond donors (Lipinski definition) is 1. The molecule has 0 saturated heterocycles. The average Bonchev–Trinajstić information content (AvgIpc) is 2.54. The van der Waals surface area contributed by atoms with Crippen molar-refractivity contribution in [2.24, 2.45) is 5.73 Å². The molecule has 0 aliphatic rings. The van der Waals surface area contributed by atoms with Gasteiger partial charge in [-0.1, -0.05) is 54.6 Å². The lowest BCUT2D eigenvalue weighted by molar-refractivity contribution is -0.130. The Morgan fingerprint density at radius 2 is 1.57 bits per heavy atom. The summed E-state index contributed by atoms with van der Waals surface area (Å²) in [6, 6.07) is 18.2. The van der Waals surface area contributed by atoms with Crippen LogP contribution in [0.4, 0.5) is 0 Å². The topological polar surface area (TPSA) is 46.3 Å². The summed E-state index contributed by atoms with van der Waals surface area (Å²) < 4.78 is 0. The summed E-state index contributed by atoms with van der Waals surface area (Å²) in [5.41, 5.74) is 9.02. The predicted molar refractivity (Wildman–Crippen MR) is 85.6 cm³/mol. The molecule has 2 aromatic carbocycles. The Labute approximate surface area is 126 Å². The van der Waals surface area contributed by atoms with Crippen molar-refractivity contribution in [1.29, 1.82) is 0 Å². The molecule has 0 heterocycles. The van der Waals surface area contributed by atoms with Crippen LogP contribution in [0, 0.1) is 0 Å². The molecule has 0 saturated carbocycles. The molecular weight excluding hydrogens is 260 g/mol. The van der Waals surface area contributed by atoms with Gasteiger partial charge >= 0.3 is 0 Å². The largest absolute Gasteiger partial charge is 0.341 e. The molecule has 0 aromatic heterocycles. The number of nitrogens with zero attached hydrogens (tertiary/aromatic N) is 1. The summed E-state index contributed by atoms with van der Waals surface area (Å²) in [5, 5.41) is 0. The molecule has 0 aliphatic heterocycles. The summed E-state index contributed by atoms with van der Waals surface area (Å²) >= 11 is 0. The van der Waals surface area contributed by atoms with E-state index < -0.39 is 0 Å². The summed E-state index contributed by atoms with van der Waals surface area (Å²) in [6.45, 7) is 1.19. The maximum Gasteiger partial charge on any atom is 0.222 e. The maximum atomic E-state index is 12.1. The molecule has 0 spiro atoms. The van der Waals surface area contributed by atoms with Gasteiger partial charge in [0.2, 0.25) is 5.91 Å². The Morgan fingerprint density at radius 3 is 2.19 bits per heavy atom. The van der Waals surface area contributed by atoms with Gasteiger partial charge in [0.25, 0.3) is 0 Å². The van der Waals surface area contributed by atoms with Crippen molar-refractivity contribution in [3.63, 3.8) is 0 Å². The Hall–Kier alpha value is -2.13. The molecular formula is C18H22N2O. The molecule has 2 N–H and O–H groups in total. The highest BCUT2D eigenvalue weighted by Crippen LogP contribution is 2.09. The summed E-state index contributed by atoms with van der Waals surface area (Å²) in [6.07, 6.45) is 1.33. The van der Waals surface area contributed by atoms with Gasteiger partial charge in [0.1, 0.15) is 0 Å². The zero-order valence-corrected chi connectivity index (χ0v) is 12.5. The average molecular weight is 282 g/mol. The Kier molecular flexibility index (Phi) is 5.52. The van der Waals surface area contributed by atoms with Crippen molar-refractivity contribution in [3.05, 3.63) is 71.3 Å².